The summed E-state index contributed by atoms with van der Waals surface area (Å²) in [5.41, 5.74) is 2.32. The van der Waals surface area contributed by atoms with Crippen molar-refractivity contribution in [3.05, 3.63) is 0 Å². The Morgan fingerprint density at radius 1 is 2.14 bits per heavy atom. The van der Waals surface area contributed by atoms with Crippen LogP contribution in [0.3, 0.4) is 0 Å². The molecular weight excluding hydrogens is 116 g/mol. The normalized spacial score (nSPS) is 29.3. The van der Waals surface area contributed by atoms with Crippen molar-refractivity contribution in [2.75, 3.05) is 0 Å². The Labute approximate surface area is 44.8 Å². The summed E-state index contributed by atoms with van der Waals surface area (Å²) in [6.07, 6.45) is 0. The fraction of sp³-hybridized carbons (Fsp3) is 0.500. The molecule has 0 saturated carbocycles. The minimum atomic E-state index is -1.48. The van der Waals surface area contributed by atoms with E-state index in [4.69, 9.17) is 0 Å². The Bertz CT molecular complexity index is 136. The van der Waals surface area contributed by atoms with Crippen molar-refractivity contribution in [1.82, 2.24) is 5.48 Å². The van der Waals surface area contributed by atoms with Gasteiger partial charge in [0.15, 0.2) is 0 Å². The molecule has 7 heavy (non-hydrogen) atoms. The minimum Gasteiger partial charge on any atom is -0.235 e. The fourth-order valence-corrected chi connectivity index (χ4v) is 0.735. The van der Waals surface area contributed by atoms with Gasteiger partial charge in [-0.05, 0) is 6.92 Å². The summed E-state index contributed by atoms with van der Waals surface area (Å²) in [6.45, 7) is 1.67. The molecule has 5 heteroatoms. The molecule has 0 aromatic heterocycles. The first-order valence-corrected chi connectivity index (χ1v) is 2.73. The number of hydroxylamine groups is 1. The molecule has 0 aromatic carbocycles. The maximum atomic E-state index is 10.1. The zero-order valence-electron chi connectivity index (χ0n) is 3.67. The summed E-state index contributed by atoms with van der Waals surface area (Å²) < 4.78 is 17.8. The lowest BCUT2D eigenvalue weighted by Crippen LogP contribution is -2.11. The monoisotopic (exact) mass is 122 g/mol. The van der Waals surface area contributed by atoms with Crippen LogP contribution in [0.25, 0.3) is 0 Å². The second kappa shape index (κ2) is 1.59. The van der Waals surface area contributed by atoms with Crippen LogP contribution in [0.1, 0.15) is 8.35 Å². The molecule has 42 valence electrons. The molecule has 0 amide bonds. The Kier molecular flexibility index (Phi) is 1.07. The van der Waals surface area contributed by atoms with Crippen molar-refractivity contribution < 1.29 is 9.92 Å². The fourth-order valence-electron chi connectivity index (χ4n) is 0.245. The van der Waals surface area contributed by atoms with E-state index in [2.05, 4.69) is 14.2 Å². The third-order valence-electron chi connectivity index (χ3n) is 0.472. The third kappa shape index (κ3) is 0.971. The first-order valence-electron chi connectivity index (χ1n) is 1.69. The molecule has 4 nitrogen and oxygen atoms in total. The van der Waals surface area contributed by atoms with Crippen molar-refractivity contribution in [1.29, 1.82) is 0 Å². The summed E-state index contributed by atoms with van der Waals surface area (Å²) >= 11 is -1.48. The summed E-state index contributed by atoms with van der Waals surface area (Å²) in [5, 5.41) is 0. The molecule has 1 rings (SSSR count). The van der Waals surface area contributed by atoms with Gasteiger partial charge >= 0.3 is 11.3 Å². The van der Waals surface area contributed by atoms with E-state index < -0.39 is 11.3 Å². The SMILES string of the molecule is CC1=NS(=O)ON1.[HH]. The number of amidine groups is 1. The largest absolute Gasteiger partial charge is 0.309 e. The highest BCUT2D eigenvalue weighted by Crippen LogP contribution is 1.91. The van der Waals surface area contributed by atoms with Crippen molar-refractivity contribution in [3.8, 4) is 0 Å². The van der Waals surface area contributed by atoms with Crippen LogP contribution >= 0.6 is 0 Å². The zero-order valence-corrected chi connectivity index (χ0v) is 4.49. The standard InChI is InChI=1S/C2H4N2O2S.H2/c1-2-3-6-7(5)4-2;/h1H3,(H,3,4);1H. The van der Waals surface area contributed by atoms with Crippen LogP contribution < -0.4 is 5.48 Å². The highest BCUT2D eigenvalue weighted by atomic mass is 32.2. The molecular formula is C2H6N2O2S. The number of nitrogens with zero attached hydrogens (tertiary/aromatic N) is 1. The van der Waals surface area contributed by atoms with Crippen molar-refractivity contribution in [2.45, 2.75) is 6.92 Å². The van der Waals surface area contributed by atoms with Gasteiger partial charge in [0.05, 0.1) is 0 Å². The van der Waals surface area contributed by atoms with Gasteiger partial charge in [0.25, 0.3) is 0 Å². The van der Waals surface area contributed by atoms with E-state index in [9.17, 15) is 4.21 Å². The summed E-state index contributed by atoms with van der Waals surface area (Å²) in [6, 6.07) is 0. The van der Waals surface area contributed by atoms with Gasteiger partial charge in [-0.1, -0.05) is 0 Å². The Balaban J connectivity index is 0.000000490. The van der Waals surface area contributed by atoms with E-state index in [1.54, 1.807) is 6.92 Å². The second-order valence-electron chi connectivity index (χ2n) is 1.08. The van der Waals surface area contributed by atoms with Gasteiger partial charge < -0.3 is 0 Å². The number of hydrogen-bond donors (Lipinski definition) is 1. The van der Waals surface area contributed by atoms with Crippen molar-refractivity contribution in [3.63, 3.8) is 0 Å². The Morgan fingerprint density at radius 3 is 3.00 bits per heavy atom. The van der Waals surface area contributed by atoms with E-state index in [0.717, 1.165) is 0 Å². The number of hydrogen-bond acceptors (Lipinski definition) is 3. The second-order valence-corrected chi connectivity index (χ2v) is 1.86. The van der Waals surface area contributed by atoms with Crippen molar-refractivity contribution in [2.24, 2.45) is 4.40 Å². The van der Waals surface area contributed by atoms with Gasteiger partial charge in [-0.2, -0.15) is 4.28 Å². The molecule has 0 spiro atoms. The molecule has 1 heterocycles. The first-order chi connectivity index (χ1) is 3.29. The van der Waals surface area contributed by atoms with Gasteiger partial charge in [-0.25, -0.2) is 9.69 Å². The van der Waals surface area contributed by atoms with Gasteiger partial charge in [0.2, 0.25) is 0 Å². The quantitative estimate of drug-likeness (QED) is 0.482. The lowest BCUT2D eigenvalue weighted by atomic mass is 10.7. The predicted octanol–water partition coefficient (Wildman–Crippen LogP) is -0.236. The van der Waals surface area contributed by atoms with E-state index in [1.165, 1.54) is 0 Å². The highest BCUT2D eigenvalue weighted by Gasteiger charge is 2.05. The molecule has 0 aliphatic carbocycles. The van der Waals surface area contributed by atoms with Crippen LogP contribution in [-0.4, -0.2) is 10.0 Å². The molecule has 1 N–H and O–H groups in total. The molecule has 0 aromatic rings. The van der Waals surface area contributed by atoms with Gasteiger partial charge in [-0.15, -0.1) is 4.40 Å². The van der Waals surface area contributed by atoms with E-state index >= 15 is 0 Å². The van der Waals surface area contributed by atoms with Crippen LogP contribution in [0.4, 0.5) is 0 Å². The van der Waals surface area contributed by atoms with Gasteiger partial charge in [-0.3, -0.25) is 0 Å². The van der Waals surface area contributed by atoms with Gasteiger partial charge in [0.1, 0.15) is 5.84 Å². The van der Waals surface area contributed by atoms with Crippen LogP contribution in [0.5, 0.6) is 0 Å². The average Bonchev–Trinajstić information content (AvgIpc) is 1.87. The molecule has 1 unspecified atom stereocenters. The van der Waals surface area contributed by atoms with Crippen LogP contribution in [0, 0.1) is 0 Å². The molecule has 1 aliphatic rings. The number of rotatable bonds is 0. The summed E-state index contributed by atoms with van der Waals surface area (Å²) in [5.74, 6) is 0.554. The molecule has 0 saturated heterocycles. The highest BCUT2D eigenvalue weighted by molar-refractivity contribution is 7.79. The number of nitrogens with one attached hydrogen (secondary N) is 1. The predicted molar refractivity (Wildman–Crippen MR) is 27.6 cm³/mol. The van der Waals surface area contributed by atoms with Crippen LogP contribution in [0.15, 0.2) is 4.40 Å². The zero-order chi connectivity index (χ0) is 5.28. The third-order valence-corrected chi connectivity index (χ3v) is 1.12. The molecule has 1 atom stereocenters. The summed E-state index contributed by atoms with van der Waals surface area (Å²) in [7, 11) is 0. The topological polar surface area (TPSA) is 50.7 Å². The molecule has 1 aliphatic heterocycles. The van der Waals surface area contributed by atoms with E-state index in [-0.39, 0.29) is 1.43 Å². The van der Waals surface area contributed by atoms with E-state index in [1.807, 2.05) is 0 Å². The summed E-state index contributed by atoms with van der Waals surface area (Å²) in [4.78, 5) is 0. The average molecular weight is 122 g/mol. The molecule has 0 bridgehead atoms. The lowest BCUT2D eigenvalue weighted by molar-refractivity contribution is 0.304. The smallest absolute Gasteiger partial charge is 0.235 e. The first kappa shape index (κ1) is 4.73. The molecule has 0 fully saturated rings. The Morgan fingerprint density at radius 2 is 2.86 bits per heavy atom. The molecule has 0 radical (unpaired) electrons. The Hall–Kier alpha value is -0.420. The van der Waals surface area contributed by atoms with Crippen LogP contribution in [0.2, 0.25) is 0 Å². The van der Waals surface area contributed by atoms with Crippen LogP contribution in [-0.2, 0) is 15.6 Å². The van der Waals surface area contributed by atoms with E-state index in [0.29, 0.717) is 5.84 Å². The lowest BCUT2D eigenvalue weighted by Gasteiger charge is -1.83. The maximum Gasteiger partial charge on any atom is 0.309 e. The minimum absolute atomic E-state index is 0. The maximum absolute atomic E-state index is 10.1. The van der Waals surface area contributed by atoms with Gasteiger partial charge in [0, 0.05) is 1.43 Å². The van der Waals surface area contributed by atoms with Crippen molar-refractivity contribution >= 4 is 17.1 Å².